The Bertz CT molecular complexity index is 902. The average molecular weight is 413 g/mol. The van der Waals surface area contributed by atoms with E-state index in [1.165, 1.54) is 16.4 Å². The summed E-state index contributed by atoms with van der Waals surface area (Å²) in [4.78, 5) is 12.0. The van der Waals surface area contributed by atoms with Gasteiger partial charge in [-0.3, -0.25) is 9.10 Å². The summed E-state index contributed by atoms with van der Waals surface area (Å²) in [5.41, 5.74) is 1.97. The van der Waals surface area contributed by atoms with Crippen LogP contribution >= 0.6 is 11.6 Å². The van der Waals surface area contributed by atoms with Crippen molar-refractivity contribution in [2.24, 2.45) is 0 Å². The van der Waals surface area contributed by atoms with Crippen molar-refractivity contribution >= 4 is 33.2 Å². The number of sulfonamides is 1. The molecule has 0 aromatic heterocycles. The third kappa shape index (κ3) is 6.22. The van der Waals surface area contributed by atoms with Gasteiger partial charge in [0.2, 0.25) is 15.9 Å². The molecule has 0 spiro atoms. The zero-order valence-electron chi connectivity index (χ0n) is 15.2. The maximum Gasteiger partial charge on any atom is 0.232 e. The van der Waals surface area contributed by atoms with Crippen LogP contribution in [-0.4, -0.2) is 27.1 Å². The molecule has 1 N–H and O–H groups in total. The highest BCUT2D eigenvalue weighted by atomic mass is 35.5. The van der Waals surface area contributed by atoms with E-state index < -0.39 is 10.0 Å². The second-order valence-corrected chi connectivity index (χ2v) is 8.54. The first-order valence-electron chi connectivity index (χ1n) is 8.42. The largest absolute Gasteiger partial charge is 0.352 e. The van der Waals surface area contributed by atoms with Gasteiger partial charge >= 0.3 is 0 Å². The number of halogens is 2. The first kappa shape index (κ1) is 21.2. The molecule has 0 fully saturated rings. The van der Waals surface area contributed by atoms with E-state index >= 15 is 0 Å². The van der Waals surface area contributed by atoms with Crippen molar-refractivity contribution in [2.75, 3.05) is 17.1 Å². The van der Waals surface area contributed by atoms with Crippen molar-refractivity contribution in [3.8, 4) is 0 Å². The van der Waals surface area contributed by atoms with Crippen molar-refractivity contribution in [1.29, 1.82) is 0 Å². The Morgan fingerprint density at radius 3 is 2.48 bits per heavy atom. The molecule has 0 atom stereocenters. The molecule has 2 rings (SSSR count). The van der Waals surface area contributed by atoms with Crippen LogP contribution in [0.25, 0.3) is 0 Å². The number of carbonyl (C=O) groups excluding carboxylic acids is 1. The summed E-state index contributed by atoms with van der Waals surface area (Å²) < 4.78 is 38.5. The fourth-order valence-electron chi connectivity index (χ4n) is 2.61. The van der Waals surface area contributed by atoms with Gasteiger partial charge in [-0.05, 0) is 48.7 Å². The van der Waals surface area contributed by atoms with E-state index in [4.69, 9.17) is 11.6 Å². The molecule has 0 radical (unpaired) electrons. The summed E-state index contributed by atoms with van der Waals surface area (Å²) in [6, 6.07) is 10.9. The van der Waals surface area contributed by atoms with E-state index in [-0.39, 0.29) is 24.7 Å². The van der Waals surface area contributed by atoms with Crippen LogP contribution in [0, 0.1) is 12.7 Å². The standard InChI is InChI=1S/C19H22ClFN2O3S/c1-14-17(20)5-3-6-18(14)23(27(2,25)26)12-4-7-19(24)22-13-15-8-10-16(21)11-9-15/h3,5-6,8-11H,4,7,12-13H2,1-2H3,(H,22,24). The Morgan fingerprint density at radius 2 is 1.85 bits per heavy atom. The van der Waals surface area contributed by atoms with Gasteiger partial charge in [0, 0.05) is 24.5 Å². The molecular weight excluding hydrogens is 391 g/mol. The SMILES string of the molecule is Cc1c(Cl)cccc1N(CCCC(=O)NCc1ccc(F)cc1)S(C)(=O)=O. The number of nitrogens with zero attached hydrogens (tertiary/aromatic N) is 1. The zero-order chi connectivity index (χ0) is 20.0. The maximum atomic E-state index is 12.9. The molecule has 146 valence electrons. The third-order valence-electron chi connectivity index (χ3n) is 4.08. The van der Waals surface area contributed by atoms with Crippen LogP contribution in [0.3, 0.4) is 0 Å². The number of benzene rings is 2. The Hall–Kier alpha value is -2.12. The van der Waals surface area contributed by atoms with Crippen LogP contribution in [-0.2, 0) is 21.4 Å². The lowest BCUT2D eigenvalue weighted by Crippen LogP contribution is -2.32. The molecule has 0 aliphatic heterocycles. The van der Waals surface area contributed by atoms with Crippen molar-refractivity contribution < 1.29 is 17.6 Å². The van der Waals surface area contributed by atoms with Gasteiger partial charge in [-0.1, -0.05) is 29.8 Å². The molecule has 27 heavy (non-hydrogen) atoms. The summed E-state index contributed by atoms with van der Waals surface area (Å²) in [6.07, 6.45) is 1.66. The number of carbonyl (C=O) groups is 1. The predicted molar refractivity (Wildman–Crippen MR) is 106 cm³/mol. The molecule has 2 aromatic rings. The number of hydrogen-bond acceptors (Lipinski definition) is 3. The smallest absolute Gasteiger partial charge is 0.232 e. The van der Waals surface area contributed by atoms with Gasteiger partial charge in [0.05, 0.1) is 11.9 Å². The van der Waals surface area contributed by atoms with Crippen molar-refractivity contribution in [1.82, 2.24) is 5.32 Å². The van der Waals surface area contributed by atoms with Gasteiger partial charge < -0.3 is 5.32 Å². The number of hydrogen-bond donors (Lipinski definition) is 1. The summed E-state index contributed by atoms with van der Waals surface area (Å²) in [5, 5.41) is 3.23. The number of anilines is 1. The number of amides is 1. The Kier molecular flexibility index (Phi) is 7.21. The minimum Gasteiger partial charge on any atom is -0.352 e. The average Bonchev–Trinajstić information content (AvgIpc) is 2.60. The monoisotopic (exact) mass is 412 g/mol. The maximum absolute atomic E-state index is 12.9. The van der Waals surface area contributed by atoms with Gasteiger partial charge in [-0.25, -0.2) is 12.8 Å². The van der Waals surface area contributed by atoms with E-state index in [1.807, 2.05) is 0 Å². The molecule has 0 saturated heterocycles. The number of rotatable bonds is 8. The molecule has 0 aliphatic rings. The molecular formula is C19H22ClFN2O3S. The third-order valence-corrected chi connectivity index (χ3v) is 5.67. The second-order valence-electron chi connectivity index (χ2n) is 6.23. The Morgan fingerprint density at radius 1 is 1.19 bits per heavy atom. The van der Waals surface area contributed by atoms with E-state index in [0.717, 1.165) is 11.8 Å². The Labute approximate surface area is 164 Å². The molecule has 0 saturated carbocycles. The van der Waals surface area contributed by atoms with E-state index in [9.17, 15) is 17.6 Å². The number of nitrogens with one attached hydrogen (secondary N) is 1. The first-order valence-corrected chi connectivity index (χ1v) is 10.6. The normalized spacial score (nSPS) is 11.3. The van der Waals surface area contributed by atoms with Crippen LogP contribution in [0.1, 0.15) is 24.0 Å². The topological polar surface area (TPSA) is 66.5 Å². The molecule has 8 heteroatoms. The zero-order valence-corrected chi connectivity index (χ0v) is 16.8. The van der Waals surface area contributed by atoms with Crippen molar-refractivity contribution in [3.05, 3.63) is 64.4 Å². The van der Waals surface area contributed by atoms with Crippen molar-refractivity contribution in [2.45, 2.75) is 26.3 Å². The summed E-state index contributed by atoms with van der Waals surface area (Å²) in [6.45, 7) is 2.22. The lowest BCUT2D eigenvalue weighted by atomic mass is 10.2. The summed E-state index contributed by atoms with van der Waals surface area (Å²) >= 11 is 6.09. The van der Waals surface area contributed by atoms with Crippen LogP contribution < -0.4 is 9.62 Å². The van der Waals surface area contributed by atoms with Gasteiger partial charge in [0.15, 0.2) is 0 Å². The highest BCUT2D eigenvalue weighted by Gasteiger charge is 2.20. The minimum absolute atomic E-state index is 0.171. The highest BCUT2D eigenvalue weighted by molar-refractivity contribution is 7.92. The first-order chi connectivity index (χ1) is 12.7. The van der Waals surface area contributed by atoms with Crippen LogP contribution in [0.15, 0.2) is 42.5 Å². The molecule has 0 aliphatic carbocycles. The van der Waals surface area contributed by atoms with E-state index in [2.05, 4.69) is 5.32 Å². The fourth-order valence-corrected chi connectivity index (χ4v) is 3.79. The molecule has 5 nitrogen and oxygen atoms in total. The second kappa shape index (κ2) is 9.19. The molecule has 1 amide bonds. The van der Waals surface area contributed by atoms with E-state index in [0.29, 0.717) is 29.2 Å². The predicted octanol–water partition coefficient (Wildman–Crippen LogP) is 3.65. The quantitative estimate of drug-likeness (QED) is 0.719. The van der Waals surface area contributed by atoms with Crippen LogP contribution in [0.5, 0.6) is 0 Å². The van der Waals surface area contributed by atoms with E-state index in [1.54, 1.807) is 37.3 Å². The highest BCUT2D eigenvalue weighted by Crippen LogP contribution is 2.28. The van der Waals surface area contributed by atoms with Crippen molar-refractivity contribution in [3.63, 3.8) is 0 Å². The summed E-state index contributed by atoms with van der Waals surface area (Å²) in [5.74, 6) is -0.530. The lowest BCUT2D eigenvalue weighted by molar-refractivity contribution is -0.121. The Balaban J connectivity index is 1.93. The van der Waals surface area contributed by atoms with Crippen LogP contribution in [0.4, 0.5) is 10.1 Å². The lowest BCUT2D eigenvalue weighted by Gasteiger charge is -2.24. The molecule has 0 unspecified atom stereocenters. The van der Waals surface area contributed by atoms with Gasteiger partial charge in [0.1, 0.15) is 5.82 Å². The molecule has 2 aromatic carbocycles. The minimum atomic E-state index is -3.51. The molecule has 0 heterocycles. The molecule has 0 bridgehead atoms. The van der Waals surface area contributed by atoms with Gasteiger partial charge in [0.25, 0.3) is 0 Å². The van der Waals surface area contributed by atoms with Gasteiger partial charge in [-0.15, -0.1) is 0 Å². The van der Waals surface area contributed by atoms with Crippen LogP contribution in [0.2, 0.25) is 5.02 Å². The fraction of sp³-hybridized carbons (Fsp3) is 0.316. The van der Waals surface area contributed by atoms with Gasteiger partial charge in [-0.2, -0.15) is 0 Å². The summed E-state index contributed by atoms with van der Waals surface area (Å²) in [7, 11) is -3.51.